The summed E-state index contributed by atoms with van der Waals surface area (Å²) < 4.78 is 11.0. The minimum absolute atomic E-state index is 0.299. The van der Waals surface area contributed by atoms with Gasteiger partial charge in [0.15, 0.2) is 0 Å². The molecule has 0 aliphatic heterocycles. The van der Waals surface area contributed by atoms with Crippen LogP contribution in [0.25, 0.3) is 0 Å². The molecule has 0 saturated heterocycles. The van der Waals surface area contributed by atoms with Crippen molar-refractivity contribution in [2.24, 2.45) is 5.73 Å². The van der Waals surface area contributed by atoms with Crippen LogP contribution in [0.5, 0.6) is 11.5 Å². The third-order valence-electron chi connectivity index (χ3n) is 3.94. The molecule has 0 aliphatic rings. The molecule has 0 radical (unpaired) electrons. The number of rotatable bonds is 8. The summed E-state index contributed by atoms with van der Waals surface area (Å²) in [5.41, 5.74) is 8.42. The van der Waals surface area contributed by atoms with Crippen LogP contribution in [0, 0.1) is 0 Å². The summed E-state index contributed by atoms with van der Waals surface area (Å²) >= 11 is 0. The Kier molecular flexibility index (Phi) is 6.29. The van der Waals surface area contributed by atoms with E-state index in [0.29, 0.717) is 19.1 Å². The molecule has 4 heteroatoms. The van der Waals surface area contributed by atoms with Crippen molar-refractivity contribution in [2.75, 3.05) is 39.3 Å². The van der Waals surface area contributed by atoms with Crippen LogP contribution in [-0.4, -0.2) is 34.4 Å². The van der Waals surface area contributed by atoms with E-state index in [2.05, 4.69) is 29.2 Å². The van der Waals surface area contributed by atoms with E-state index in [-0.39, 0.29) is 0 Å². The Morgan fingerprint density at radius 1 is 1.04 bits per heavy atom. The van der Waals surface area contributed by atoms with Crippen molar-refractivity contribution >= 4 is 5.69 Å². The minimum Gasteiger partial charge on any atom is -0.497 e. The molecule has 0 bridgehead atoms. The molecule has 1 unspecified atom stereocenters. The largest absolute Gasteiger partial charge is 0.497 e. The fourth-order valence-corrected chi connectivity index (χ4v) is 2.47. The molecule has 0 saturated carbocycles. The average Bonchev–Trinajstić information content (AvgIpc) is 2.59. The number of hydrogen-bond acceptors (Lipinski definition) is 4. The van der Waals surface area contributed by atoms with Gasteiger partial charge < -0.3 is 20.1 Å². The van der Waals surface area contributed by atoms with E-state index in [1.165, 1.54) is 11.3 Å². The summed E-state index contributed by atoms with van der Waals surface area (Å²) in [4.78, 5) is 2.10. The molecule has 2 rings (SSSR count). The third kappa shape index (κ3) is 4.89. The highest BCUT2D eigenvalue weighted by Gasteiger charge is 2.11. The Hall–Kier alpha value is -2.20. The number of nitrogens with two attached hydrogens (primary N) is 1. The van der Waals surface area contributed by atoms with Crippen molar-refractivity contribution in [1.29, 1.82) is 0 Å². The first kappa shape index (κ1) is 17.2. The van der Waals surface area contributed by atoms with Crippen molar-refractivity contribution in [3.8, 4) is 11.5 Å². The molecule has 0 amide bonds. The van der Waals surface area contributed by atoms with E-state index in [4.69, 9.17) is 15.2 Å². The highest BCUT2D eigenvalue weighted by atomic mass is 16.5. The summed E-state index contributed by atoms with van der Waals surface area (Å²) in [5.74, 6) is 1.98. The lowest BCUT2D eigenvalue weighted by Crippen LogP contribution is -2.16. The molecule has 23 heavy (non-hydrogen) atoms. The van der Waals surface area contributed by atoms with Crippen molar-refractivity contribution in [2.45, 2.75) is 12.3 Å². The summed E-state index contributed by atoms with van der Waals surface area (Å²) in [5, 5.41) is 0. The van der Waals surface area contributed by atoms with E-state index >= 15 is 0 Å². The zero-order valence-electron chi connectivity index (χ0n) is 14.2. The van der Waals surface area contributed by atoms with Crippen molar-refractivity contribution in [1.82, 2.24) is 0 Å². The van der Waals surface area contributed by atoms with E-state index in [1.807, 2.05) is 38.4 Å². The molecule has 2 aromatic carbocycles. The summed E-state index contributed by atoms with van der Waals surface area (Å²) in [7, 11) is 5.75. The Balaban J connectivity index is 1.92. The molecule has 0 heterocycles. The first-order valence-corrected chi connectivity index (χ1v) is 7.88. The molecule has 2 aromatic rings. The highest BCUT2D eigenvalue weighted by molar-refractivity contribution is 5.48. The van der Waals surface area contributed by atoms with E-state index in [1.54, 1.807) is 7.11 Å². The predicted molar refractivity (Wildman–Crippen MR) is 95.7 cm³/mol. The van der Waals surface area contributed by atoms with E-state index in [0.717, 1.165) is 17.9 Å². The zero-order valence-corrected chi connectivity index (χ0v) is 14.2. The second-order valence-corrected chi connectivity index (χ2v) is 5.73. The summed E-state index contributed by atoms with van der Waals surface area (Å²) in [6, 6.07) is 16.2. The van der Waals surface area contributed by atoms with Crippen LogP contribution in [0.1, 0.15) is 17.9 Å². The standard InChI is InChI=1S/C19H26N2O2/c1-21(2)17-6-4-5-15(13-17)16(14-20)11-12-23-19-9-7-18(22-3)8-10-19/h4-10,13,16H,11-12,14,20H2,1-3H3. The van der Waals surface area contributed by atoms with Gasteiger partial charge in [0.25, 0.3) is 0 Å². The van der Waals surface area contributed by atoms with Crippen LogP contribution in [0.2, 0.25) is 0 Å². The predicted octanol–water partition coefficient (Wildman–Crippen LogP) is 3.27. The van der Waals surface area contributed by atoms with Gasteiger partial charge in [-0.1, -0.05) is 12.1 Å². The maximum Gasteiger partial charge on any atom is 0.119 e. The van der Waals surface area contributed by atoms with Crippen molar-refractivity contribution in [3.05, 3.63) is 54.1 Å². The van der Waals surface area contributed by atoms with Gasteiger partial charge in [-0.3, -0.25) is 0 Å². The Morgan fingerprint density at radius 3 is 2.35 bits per heavy atom. The molecule has 124 valence electrons. The Labute approximate surface area is 138 Å². The maximum atomic E-state index is 5.96. The molecule has 0 fully saturated rings. The van der Waals surface area contributed by atoms with Gasteiger partial charge in [-0.25, -0.2) is 0 Å². The van der Waals surface area contributed by atoms with Gasteiger partial charge in [0.2, 0.25) is 0 Å². The Morgan fingerprint density at radius 2 is 1.74 bits per heavy atom. The average molecular weight is 314 g/mol. The molecular formula is C19H26N2O2. The molecule has 4 nitrogen and oxygen atoms in total. The number of benzene rings is 2. The van der Waals surface area contributed by atoms with Gasteiger partial charge in [0, 0.05) is 19.8 Å². The number of nitrogens with zero attached hydrogens (tertiary/aromatic N) is 1. The quantitative estimate of drug-likeness (QED) is 0.812. The van der Waals surface area contributed by atoms with Crippen LogP contribution in [0.15, 0.2) is 48.5 Å². The zero-order chi connectivity index (χ0) is 16.7. The van der Waals surface area contributed by atoms with Gasteiger partial charge in [-0.05, 0) is 60.8 Å². The lowest BCUT2D eigenvalue weighted by atomic mass is 9.95. The lowest BCUT2D eigenvalue weighted by Gasteiger charge is -2.19. The molecule has 0 spiro atoms. The molecule has 2 N–H and O–H groups in total. The fourth-order valence-electron chi connectivity index (χ4n) is 2.47. The van der Waals surface area contributed by atoms with E-state index in [9.17, 15) is 0 Å². The summed E-state index contributed by atoms with van der Waals surface area (Å²) in [6.45, 7) is 1.25. The first-order chi connectivity index (χ1) is 11.1. The third-order valence-corrected chi connectivity index (χ3v) is 3.94. The van der Waals surface area contributed by atoms with Gasteiger partial charge in [0.05, 0.1) is 13.7 Å². The van der Waals surface area contributed by atoms with Crippen LogP contribution < -0.4 is 20.1 Å². The SMILES string of the molecule is COc1ccc(OCCC(CN)c2cccc(N(C)C)c2)cc1. The molecule has 0 aliphatic carbocycles. The Bertz CT molecular complexity index is 597. The monoisotopic (exact) mass is 314 g/mol. The molecule has 0 aromatic heterocycles. The van der Waals surface area contributed by atoms with E-state index < -0.39 is 0 Å². The fraction of sp³-hybridized carbons (Fsp3) is 0.368. The second-order valence-electron chi connectivity index (χ2n) is 5.73. The second kappa shape index (κ2) is 8.44. The highest BCUT2D eigenvalue weighted by Crippen LogP contribution is 2.24. The van der Waals surface area contributed by atoms with Crippen LogP contribution >= 0.6 is 0 Å². The maximum absolute atomic E-state index is 5.96. The topological polar surface area (TPSA) is 47.7 Å². The summed E-state index contributed by atoms with van der Waals surface area (Å²) in [6.07, 6.45) is 0.888. The van der Waals surface area contributed by atoms with Crippen LogP contribution in [0.3, 0.4) is 0 Å². The van der Waals surface area contributed by atoms with Gasteiger partial charge in [-0.2, -0.15) is 0 Å². The molecule has 1 atom stereocenters. The van der Waals surface area contributed by atoms with Gasteiger partial charge >= 0.3 is 0 Å². The number of methoxy groups -OCH3 is 1. The number of ether oxygens (including phenoxy) is 2. The van der Waals surface area contributed by atoms with Crippen LogP contribution in [-0.2, 0) is 0 Å². The van der Waals surface area contributed by atoms with Crippen LogP contribution in [0.4, 0.5) is 5.69 Å². The smallest absolute Gasteiger partial charge is 0.119 e. The number of anilines is 1. The minimum atomic E-state index is 0.299. The van der Waals surface area contributed by atoms with Gasteiger partial charge in [0.1, 0.15) is 11.5 Å². The first-order valence-electron chi connectivity index (χ1n) is 7.88. The van der Waals surface area contributed by atoms with Gasteiger partial charge in [-0.15, -0.1) is 0 Å². The van der Waals surface area contributed by atoms with Crippen molar-refractivity contribution < 1.29 is 9.47 Å². The lowest BCUT2D eigenvalue weighted by molar-refractivity contribution is 0.297. The van der Waals surface area contributed by atoms with Crippen molar-refractivity contribution in [3.63, 3.8) is 0 Å². The normalized spacial score (nSPS) is 11.8. The molecular weight excluding hydrogens is 288 g/mol. The number of hydrogen-bond donors (Lipinski definition) is 1.